The molecule has 2 N–H and O–H groups in total. The van der Waals surface area contributed by atoms with E-state index in [2.05, 4.69) is 31.7 Å². The highest BCUT2D eigenvalue weighted by Crippen LogP contribution is 2.23. The fourth-order valence-electron chi connectivity index (χ4n) is 3.53. The first-order chi connectivity index (χ1) is 14.7. The van der Waals surface area contributed by atoms with Crippen molar-refractivity contribution < 1.29 is 14.1 Å². The van der Waals surface area contributed by atoms with Crippen LogP contribution in [0, 0.1) is 0 Å². The number of rotatable bonds is 8. The molecule has 1 fully saturated rings. The minimum Gasteiger partial charge on any atom is -0.371 e. The van der Waals surface area contributed by atoms with Crippen molar-refractivity contribution in [3.8, 4) is 0 Å². The highest BCUT2D eigenvalue weighted by atomic mass is 16.5. The zero-order valence-corrected chi connectivity index (χ0v) is 18.9. The lowest BCUT2D eigenvalue weighted by Crippen LogP contribution is -2.35. The van der Waals surface area contributed by atoms with Gasteiger partial charge in [0.15, 0.2) is 5.82 Å². The second-order valence-corrected chi connectivity index (χ2v) is 9.23. The van der Waals surface area contributed by atoms with Gasteiger partial charge in [0, 0.05) is 55.2 Å². The van der Waals surface area contributed by atoms with E-state index in [1.807, 2.05) is 45.9 Å². The van der Waals surface area contributed by atoms with Gasteiger partial charge in [0.1, 0.15) is 0 Å². The third kappa shape index (κ3) is 6.80. The summed E-state index contributed by atoms with van der Waals surface area (Å²) >= 11 is 0. The predicted molar refractivity (Wildman–Crippen MR) is 120 cm³/mol. The lowest BCUT2D eigenvalue weighted by atomic mass is 9.96. The number of nitrogens with one attached hydrogen (secondary N) is 2. The number of carbonyl (C=O) groups is 2. The Balaban J connectivity index is 1.42. The van der Waals surface area contributed by atoms with Crippen LogP contribution in [0.25, 0.3) is 0 Å². The van der Waals surface area contributed by atoms with Crippen LogP contribution in [-0.2, 0) is 21.4 Å². The maximum Gasteiger partial charge on any atom is 0.227 e. The van der Waals surface area contributed by atoms with E-state index < -0.39 is 0 Å². The van der Waals surface area contributed by atoms with Gasteiger partial charge in [-0.15, -0.1) is 0 Å². The summed E-state index contributed by atoms with van der Waals surface area (Å²) in [7, 11) is 0. The first-order valence-electron chi connectivity index (χ1n) is 11.0. The van der Waals surface area contributed by atoms with Crippen LogP contribution in [0.15, 0.2) is 28.8 Å². The molecule has 8 heteroatoms. The van der Waals surface area contributed by atoms with Crippen molar-refractivity contribution in [3.63, 3.8) is 0 Å². The molecule has 0 bridgehead atoms. The molecule has 0 radical (unpaired) electrons. The molecule has 1 aromatic carbocycles. The maximum absolute atomic E-state index is 12.4. The van der Waals surface area contributed by atoms with E-state index in [4.69, 9.17) is 4.52 Å². The zero-order chi connectivity index (χ0) is 22.4. The molecule has 1 saturated heterocycles. The molecule has 0 aliphatic carbocycles. The van der Waals surface area contributed by atoms with Gasteiger partial charge in [-0.05, 0) is 38.0 Å². The van der Waals surface area contributed by atoms with E-state index in [-0.39, 0.29) is 36.1 Å². The van der Waals surface area contributed by atoms with Crippen molar-refractivity contribution >= 4 is 23.2 Å². The number of amides is 2. The summed E-state index contributed by atoms with van der Waals surface area (Å²) in [6.45, 7) is 9.95. The average Bonchev–Trinajstić information content (AvgIpc) is 3.38. The molecule has 1 aromatic heterocycles. The van der Waals surface area contributed by atoms with Crippen LogP contribution in [-0.4, -0.2) is 41.1 Å². The topological polar surface area (TPSA) is 100 Å². The van der Waals surface area contributed by atoms with Crippen LogP contribution in [0.1, 0.15) is 65.1 Å². The monoisotopic (exact) mass is 427 g/mol. The third-order valence-corrected chi connectivity index (χ3v) is 5.20. The zero-order valence-electron chi connectivity index (χ0n) is 18.9. The Morgan fingerprint density at radius 3 is 2.61 bits per heavy atom. The van der Waals surface area contributed by atoms with Gasteiger partial charge in [-0.25, -0.2) is 0 Å². The molecule has 1 unspecified atom stereocenters. The molecule has 8 nitrogen and oxygen atoms in total. The van der Waals surface area contributed by atoms with Crippen LogP contribution in [0.3, 0.4) is 0 Å². The van der Waals surface area contributed by atoms with Gasteiger partial charge >= 0.3 is 0 Å². The number of hydrogen-bond donors (Lipinski definition) is 2. The standard InChI is InChI=1S/C23H33N5O3/c1-16(24-19(29)10-11-21-26-22(27-31-21)23(2,3)4)14-20(30)25-17-8-7-9-18(15-17)28-12-5-6-13-28/h7-9,15-16H,5-6,10-14H2,1-4H3,(H,24,29)(H,25,30). The Hall–Kier alpha value is -2.90. The molecule has 2 aromatic rings. The van der Waals surface area contributed by atoms with E-state index in [9.17, 15) is 9.59 Å². The van der Waals surface area contributed by atoms with Crippen LogP contribution in [0.5, 0.6) is 0 Å². The molecule has 1 aliphatic rings. The van der Waals surface area contributed by atoms with Gasteiger partial charge in [0.2, 0.25) is 17.7 Å². The smallest absolute Gasteiger partial charge is 0.227 e. The van der Waals surface area contributed by atoms with Gasteiger partial charge in [0.25, 0.3) is 0 Å². The summed E-state index contributed by atoms with van der Waals surface area (Å²) in [5.41, 5.74) is 1.71. The second kappa shape index (κ2) is 9.94. The molecule has 168 valence electrons. The van der Waals surface area contributed by atoms with Gasteiger partial charge in [-0.1, -0.05) is 32.0 Å². The first-order valence-corrected chi connectivity index (χ1v) is 11.0. The van der Waals surface area contributed by atoms with Gasteiger partial charge in [-0.3, -0.25) is 9.59 Å². The Morgan fingerprint density at radius 1 is 1.19 bits per heavy atom. The Kier molecular flexibility index (Phi) is 7.30. The minimum atomic E-state index is -0.276. The van der Waals surface area contributed by atoms with Crippen LogP contribution >= 0.6 is 0 Å². The predicted octanol–water partition coefficient (Wildman–Crippen LogP) is 3.43. The quantitative estimate of drug-likeness (QED) is 0.669. The molecule has 0 saturated carbocycles. The van der Waals surface area contributed by atoms with Crippen molar-refractivity contribution in [2.75, 3.05) is 23.3 Å². The summed E-state index contributed by atoms with van der Waals surface area (Å²) in [6, 6.07) is 7.64. The Labute approximate surface area is 183 Å². The van der Waals surface area contributed by atoms with Crippen LogP contribution < -0.4 is 15.5 Å². The van der Waals surface area contributed by atoms with Crippen molar-refractivity contribution in [1.29, 1.82) is 0 Å². The van der Waals surface area contributed by atoms with Crippen molar-refractivity contribution in [2.45, 2.75) is 71.3 Å². The van der Waals surface area contributed by atoms with Crippen LogP contribution in [0.2, 0.25) is 0 Å². The third-order valence-electron chi connectivity index (χ3n) is 5.20. The highest BCUT2D eigenvalue weighted by molar-refractivity contribution is 5.92. The SMILES string of the molecule is CC(CC(=O)Nc1cccc(N2CCCC2)c1)NC(=O)CCc1nc(C(C)(C)C)no1. The highest BCUT2D eigenvalue weighted by Gasteiger charge is 2.21. The van der Waals surface area contributed by atoms with Crippen molar-refractivity contribution in [1.82, 2.24) is 15.5 Å². The summed E-state index contributed by atoms with van der Waals surface area (Å²) in [4.78, 5) is 31.3. The maximum atomic E-state index is 12.4. The van der Waals surface area contributed by atoms with E-state index >= 15 is 0 Å². The number of hydrogen-bond acceptors (Lipinski definition) is 6. The summed E-state index contributed by atoms with van der Waals surface area (Å²) in [5, 5.41) is 9.76. The van der Waals surface area contributed by atoms with Crippen LogP contribution in [0.4, 0.5) is 11.4 Å². The minimum absolute atomic E-state index is 0.127. The molecule has 2 amide bonds. The van der Waals surface area contributed by atoms with E-state index in [1.54, 1.807) is 0 Å². The molecule has 31 heavy (non-hydrogen) atoms. The van der Waals surface area contributed by atoms with Crippen molar-refractivity contribution in [3.05, 3.63) is 36.0 Å². The lowest BCUT2D eigenvalue weighted by molar-refractivity contribution is -0.122. The van der Waals surface area contributed by atoms with Crippen molar-refractivity contribution in [2.24, 2.45) is 0 Å². The van der Waals surface area contributed by atoms with Gasteiger partial charge in [0.05, 0.1) is 0 Å². The molecule has 1 aliphatic heterocycles. The van der Waals surface area contributed by atoms with E-state index in [0.717, 1.165) is 24.5 Å². The number of aromatic nitrogens is 2. The molecule has 2 heterocycles. The van der Waals surface area contributed by atoms with Gasteiger partial charge < -0.3 is 20.1 Å². The summed E-state index contributed by atoms with van der Waals surface area (Å²) in [6.07, 6.45) is 3.22. The number of carbonyl (C=O) groups excluding carboxylic acids is 2. The number of nitrogens with zero attached hydrogens (tertiary/aromatic N) is 3. The molecular weight excluding hydrogens is 394 g/mol. The van der Waals surface area contributed by atoms with Gasteiger partial charge in [-0.2, -0.15) is 4.98 Å². The molecule has 0 spiro atoms. The molecule has 3 rings (SSSR count). The molecule has 1 atom stereocenters. The summed E-state index contributed by atoms with van der Waals surface area (Å²) < 4.78 is 5.22. The largest absolute Gasteiger partial charge is 0.371 e. The van der Waals surface area contributed by atoms with E-state index in [1.165, 1.54) is 12.8 Å². The second-order valence-electron chi connectivity index (χ2n) is 9.23. The number of anilines is 2. The van der Waals surface area contributed by atoms with E-state index in [0.29, 0.717) is 18.1 Å². The number of aryl methyl sites for hydroxylation is 1. The fourth-order valence-corrected chi connectivity index (χ4v) is 3.53. The number of benzene rings is 1. The lowest BCUT2D eigenvalue weighted by Gasteiger charge is -2.19. The molecular formula is C23H33N5O3. The summed E-state index contributed by atoms with van der Waals surface area (Å²) in [5.74, 6) is 0.801. The Morgan fingerprint density at radius 2 is 1.94 bits per heavy atom. The Bertz CT molecular complexity index is 897. The fraction of sp³-hybridized carbons (Fsp3) is 0.565. The first kappa shape index (κ1) is 22.8. The average molecular weight is 428 g/mol. The normalized spacial score (nSPS) is 15.0.